The van der Waals surface area contributed by atoms with Gasteiger partial charge in [-0.3, -0.25) is 13.9 Å². The third kappa shape index (κ3) is 8.12. The lowest BCUT2D eigenvalue weighted by atomic mass is 10.0. The summed E-state index contributed by atoms with van der Waals surface area (Å²) in [6.45, 7) is 9.91. The van der Waals surface area contributed by atoms with Crippen molar-refractivity contribution in [2.45, 2.75) is 70.9 Å². The number of ether oxygens (including phenoxy) is 1. The van der Waals surface area contributed by atoms with Crippen LogP contribution in [0.3, 0.4) is 0 Å². The average Bonchev–Trinajstić information content (AvgIpc) is 2.98. The summed E-state index contributed by atoms with van der Waals surface area (Å²) >= 11 is 0. The van der Waals surface area contributed by atoms with Crippen molar-refractivity contribution in [1.29, 1.82) is 0 Å². The largest absolute Gasteiger partial charge is 0.497 e. The molecule has 0 unspecified atom stereocenters. The Hall–Kier alpha value is -3.85. The topological polar surface area (TPSA) is 96.0 Å². The van der Waals surface area contributed by atoms with Gasteiger partial charge >= 0.3 is 0 Å². The van der Waals surface area contributed by atoms with Gasteiger partial charge in [0.25, 0.3) is 10.0 Å². The van der Waals surface area contributed by atoms with Crippen molar-refractivity contribution in [1.82, 2.24) is 10.2 Å². The van der Waals surface area contributed by atoms with E-state index in [1.54, 1.807) is 49.6 Å². The second-order valence-electron chi connectivity index (χ2n) is 10.7. The van der Waals surface area contributed by atoms with Crippen LogP contribution >= 0.6 is 0 Å². The van der Waals surface area contributed by atoms with Crippen LogP contribution in [0.25, 0.3) is 0 Å². The highest BCUT2D eigenvalue weighted by Crippen LogP contribution is 2.27. The highest BCUT2D eigenvalue weighted by Gasteiger charge is 2.33. The number of benzene rings is 3. The third-order valence-electron chi connectivity index (χ3n) is 7.16. The zero-order chi connectivity index (χ0) is 30.9. The molecule has 42 heavy (non-hydrogen) atoms. The predicted octanol–water partition coefficient (Wildman–Crippen LogP) is 5.66. The number of nitrogens with zero attached hydrogens (tertiary/aromatic N) is 2. The Morgan fingerprint density at radius 1 is 0.952 bits per heavy atom. The van der Waals surface area contributed by atoms with E-state index < -0.39 is 28.5 Å². The molecule has 8 nitrogen and oxygen atoms in total. The minimum Gasteiger partial charge on any atom is -0.497 e. The fourth-order valence-corrected chi connectivity index (χ4v) is 6.06. The molecule has 3 rings (SSSR count). The van der Waals surface area contributed by atoms with Gasteiger partial charge in [0.1, 0.15) is 18.3 Å². The standard InChI is InChI=1S/C33H43N3O5S/c1-7-20-34-33(38)31(8-2)35(22-26-10-9-11-29(21-26)41-6)32(37)23-36(28-16-14-27(15-17-28)24(3)4)42(39,40)30-18-12-25(5)13-19-30/h9-19,21,24,31H,7-8,20,22-23H2,1-6H3,(H,34,38)/t31-/m1/s1. The van der Waals surface area contributed by atoms with Gasteiger partial charge in [0.15, 0.2) is 0 Å². The first kappa shape index (κ1) is 32.7. The quantitative estimate of drug-likeness (QED) is 0.260. The molecule has 0 aliphatic heterocycles. The van der Waals surface area contributed by atoms with Crippen molar-refractivity contribution in [3.8, 4) is 5.75 Å². The molecule has 0 radical (unpaired) electrons. The van der Waals surface area contributed by atoms with Crippen molar-refractivity contribution in [3.63, 3.8) is 0 Å². The van der Waals surface area contributed by atoms with Crippen LogP contribution in [0.1, 0.15) is 63.1 Å². The van der Waals surface area contributed by atoms with Gasteiger partial charge in [-0.1, -0.05) is 69.7 Å². The van der Waals surface area contributed by atoms with Gasteiger partial charge in [0, 0.05) is 13.1 Å². The first-order valence-corrected chi connectivity index (χ1v) is 15.8. The third-order valence-corrected chi connectivity index (χ3v) is 8.95. The Bertz CT molecular complexity index is 1440. The Morgan fingerprint density at radius 2 is 1.62 bits per heavy atom. The first-order valence-electron chi connectivity index (χ1n) is 14.4. The number of rotatable bonds is 14. The van der Waals surface area contributed by atoms with Crippen LogP contribution in [0.5, 0.6) is 5.75 Å². The van der Waals surface area contributed by atoms with Crippen molar-refractivity contribution in [2.75, 3.05) is 24.5 Å². The van der Waals surface area contributed by atoms with Crippen molar-refractivity contribution in [2.24, 2.45) is 0 Å². The van der Waals surface area contributed by atoms with Crippen LogP contribution in [0.2, 0.25) is 0 Å². The van der Waals surface area contributed by atoms with Crippen LogP contribution < -0.4 is 14.4 Å². The van der Waals surface area contributed by atoms with E-state index in [9.17, 15) is 18.0 Å². The molecule has 3 aromatic carbocycles. The number of carbonyl (C=O) groups excluding carboxylic acids is 2. The number of carbonyl (C=O) groups is 2. The molecule has 0 heterocycles. The molecule has 0 spiro atoms. The highest BCUT2D eigenvalue weighted by atomic mass is 32.2. The second-order valence-corrected chi connectivity index (χ2v) is 12.5. The molecule has 0 fully saturated rings. The van der Waals surface area contributed by atoms with Gasteiger partial charge in [-0.05, 0) is 73.2 Å². The van der Waals surface area contributed by atoms with Crippen LogP contribution in [0.4, 0.5) is 5.69 Å². The molecule has 1 atom stereocenters. The van der Waals surface area contributed by atoms with Crippen molar-refractivity contribution < 1.29 is 22.7 Å². The molecule has 0 aromatic heterocycles. The van der Waals surface area contributed by atoms with Crippen LogP contribution in [0, 0.1) is 6.92 Å². The fourth-order valence-electron chi connectivity index (χ4n) is 4.64. The fraction of sp³-hybridized carbons (Fsp3) is 0.394. The summed E-state index contributed by atoms with van der Waals surface area (Å²) in [5, 5.41) is 2.90. The van der Waals surface area contributed by atoms with Crippen molar-refractivity contribution >= 4 is 27.5 Å². The maximum atomic E-state index is 14.2. The van der Waals surface area contributed by atoms with Gasteiger partial charge < -0.3 is 15.0 Å². The summed E-state index contributed by atoms with van der Waals surface area (Å²) < 4.78 is 34.6. The maximum Gasteiger partial charge on any atom is 0.264 e. The lowest BCUT2D eigenvalue weighted by Crippen LogP contribution is -2.52. The second kappa shape index (κ2) is 14.9. The number of aryl methyl sites for hydroxylation is 1. The SMILES string of the molecule is CCCNC(=O)[C@@H](CC)N(Cc1cccc(OC)c1)C(=O)CN(c1ccc(C(C)C)cc1)S(=O)(=O)c1ccc(C)cc1. The van der Waals surface area contributed by atoms with Crippen LogP contribution in [0.15, 0.2) is 77.7 Å². The first-order chi connectivity index (χ1) is 20.0. The summed E-state index contributed by atoms with van der Waals surface area (Å²) in [5.41, 5.74) is 3.11. The Labute approximate surface area is 250 Å². The summed E-state index contributed by atoms with van der Waals surface area (Å²) in [7, 11) is -2.55. The monoisotopic (exact) mass is 593 g/mol. The summed E-state index contributed by atoms with van der Waals surface area (Å²) in [5.74, 6) is 0.120. The number of hydrogen-bond acceptors (Lipinski definition) is 5. The van der Waals surface area contributed by atoms with E-state index in [0.717, 1.165) is 27.4 Å². The van der Waals surface area contributed by atoms with E-state index in [-0.39, 0.29) is 23.3 Å². The lowest BCUT2D eigenvalue weighted by molar-refractivity contribution is -0.140. The molecular formula is C33H43N3O5S. The molecule has 0 aliphatic carbocycles. The number of hydrogen-bond donors (Lipinski definition) is 1. The molecule has 0 saturated carbocycles. The predicted molar refractivity (Wildman–Crippen MR) is 167 cm³/mol. The van der Waals surface area contributed by atoms with Gasteiger partial charge in [0.05, 0.1) is 17.7 Å². The van der Waals surface area contributed by atoms with Crippen LogP contribution in [-0.4, -0.2) is 51.4 Å². The van der Waals surface area contributed by atoms with E-state index in [4.69, 9.17) is 4.74 Å². The summed E-state index contributed by atoms with van der Waals surface area (Å²) in [6.07, 6.45) is 1.11. The van der Waals surface area contributed by atoms with E-state index in [0.29, 0.717) is 24.4 Å². The van der Waals surface area contributed by atoms with E-state index in [1.165, 1.54) is 4.90 Å². The van der Waals surface area contributed by atoms with Crippen LogP contribution in [-0.2, 0) is 26.2 Å². The van der Waals surface area contributed by atoms with Gasteiger partial charge in [-0.15, -0.1) is 0 Å². The molecule has 226 valence electrons. The Morgan fingerprint density at radius 3 is 2.19 bits per heavy atom. The summed E-state index contributed by atoms with van der Waals surface area (Å²) in [4.78, 5) is 29.0. The highest BCUT2D eigenvalue weighted by molar-refractivity contribution is 7.92. The van der Waals surface area contributed by atoms with Gasteiger partial charge in [0.2, 0.25) is 11.8 Å². The molecule has 0 aliphatic rings. The molecule has 3 aromatic rings. The minimum absolute atomic E-state index is 0.0842. The number of anilines is 1. The molecule has 2 amide bonds. The van der Waals surface area contributed by atoms with E-state index >= 15 is 0 Å². The molecule has 0 bridgehead atoms. The smallest absolute Gasteiger partial charge is 0.264 e. The molecule has 9 heteroatoms. The van der Waals surface area contributed by atoms with Gasteiger partial charge in [-0.25, -0.2) is 8.42 Å². The Balaban J connectivity index is 2.07. The molecule has 1 N–H and O–H groups in total. The zero-order valence-electron chi connectivity index (χ0n) is 25.5. The number of amides is 2. The Kier molecular flexibility index (Phi) is 11.6. The number of methoxy groups -OCH3 is 1. The zero-order valence-corrected chi connectivity index (χ0v) is 26.3. The summed E-state index contributed by atoms with van der Waals surface area (Å²) in [6, 6.07) is 20.3. The average molecular weight is 594 g/mol. The van der Waals surface area contributed by atoms with E-state index in [2.05, 4.69) is 19.2 Å². The lowest BCUT2D eigenvalue weighted by Gasteiger charge is -2.33. The number of nitrogens with one attached hydrogen (secondary N) is 1. The van der Waals surface area contributed by atoms with Gasteiger partial charge in [-0.2, -0.15) is 0 Å². The molecule has 0 saturated heterocycles. The van der Waals surface area contributed by atoms with E-state index in [1.807, 2.05) is 51.1 Å². The minimum atomic E-state index is -4.12. The molecular weight excluding hydrogens is 550 g/mol. The number of sulfonamides is 1. The maximum absolute atomic E-state index is 14.2. The normalized spacial score (nSPS) is 12.1. The van der Waals surface area contributed by atoms with Crippen molar-refractivity contribution in [3.05, 3.63) is 89.5 Å².